The number of thioether (sulfide) groups is 1. The van der Waals surface area contributed by atoms with Crippen LogP contribution < -0.4 is 5.32 Å². The summed E-state index contributed by atoms with van der Waals surface area (Å²) in [5.41, 5.74) is 1.25. The molecule has 0 spiro atoms. The molecule has 0 amide bonds. The first-order valence-corrected chi connectivity index (χ1v) is 7.18. The molecule has 17 heavy (non-hydrogen) atoms. The summed E-state index contributed by atoms with van der Waals surface area (Å²) in [4.78, 5) is 1.27. The second-order valence-corrected chi connectivity index (χ2v) is 5.78. The average molecular weight is 270 g/mol. The van der Waals surface area contributed by atoms with Crippen LogP contribution in [0.1, 0.15) is 19.8 Å². The fourth-order valence-corrected chi connectivity index (χ4v) is 2.64. The third kappa shape index (κ3) is 6.16. The van der Waals surface area contributed by atoms with Crippen LogP contribution in [-0.2, 0) is 0 Å². The first-order chi connectivity index (χ1) is 8.11. The molecule has 1 aromatic rings. The maximum absolute atomic E-state index is 5.85. The van der Waals surface area contributed by atoms with Gasteiger partial charge in [0, 0.05) is 21.7 Å². The Hall–Kier alpha value is -0.440. The molecule has 0 heterocycles. The van der Waals surface area contributed by atoms with Gasteiger partial charge in [-0.3, -0.25) is 0 Å². The Kier molecular flexibility index (Phi) is 6.71. The van der Waals surface area contributed by atoms with Crippen molar-refractivity contribution in [3.8, 4) is 0 Å². The van der Waals surface area contributed by atoms with E-state index < -0.39 is 0 Å². The van der Waals surface area contributed by atoms with E-state index in [1.807, 2.05) is 30.9 Å². The molecular formula is C14H20ClNS. The lowest BCUT2D eigenvalue weighted by atomic mass is 10.1. The summed E-state index contributed by atoms with van der Waals surface area (Å²) in [6, 6.07) is 8.54. The molecule has 1 N–H and O–H groups in total. The number of hydrogen-bond acceptors (Lipinski definition) is 2. The molecule has 1 nitrogen and oxygen atoms in total. The Morgan fingerprint density at radius 3 is 2.59 bits per heavy atom. The monoisotopic (exact) mass is 269 g/mol. The minimum absolute atomic E-state index is 0.535. The SMILES string of the molecule is C=C(C)CCC(CSc1ccc(Cl)cc1)NC. The van der Waals surface area contributed by atoms with Gasteiger partial charge in [0.15, 0.2) is 0 Å². The van der Waals surface area contributed by atoms with Crippen LogP contribution in [0.3, 0.4) is 0 Å². The first-order valence-electron chi connectivity index (χ1n) is 5.82. The van der Waals surface area contributed by atoms with Crippen LogP contribution in [0.15, 0.2) is 41.3 Å². The van der Waals surface area contributed by atoms with E-state index in [4.69, 9.17) is 11.6 Å². The Morgan fingerprint density at radius 2 is 2.06 bits per heavy atom. The predicted octanol–water partition coefficient (Wildman–Crippen LogP) is 4.38. The lowest BCUT2D eigenvalue weighted by Crippen LogP contribution is -2.27. The average Bonchev–Trinajstić information content (AvgIpc) is 2.31. The third-order valence-electron chi connectivity index (χ3n) is 2.59. The minimum atomic E-state index is 0.535. The van der Waals surface area contributed by atoms with Crippen LogP contribution >= 0.6 is 23.4 Å². The molecule has 1 unspecified atom stereocenters. The van der Waals surface area contributed by atoms with Gasteiger partial charge in [-0.15, -0.1) is 18.3 Å². The Morgan fingerprint density at radius 1 is 1.41 bits per heavy atom. The molecule has 0 fully saturated rings. The summed E-state index contributed by atoms with van der Waals surface area (Å²) in [5.74, 6) is 1.07. The lowest BCUT2D eigenvalue weighted by Gasteiger charge is -2.15. The van der Waals surface area contributed by atoms with Crippen molar-refractivity contribution >= 4 is 23.4 Å². The van der Waals surface area contributed by atoms with Gasteiger partial charge < -0.3 is 5.32 Å². The fourth-order valence-electron chi connectivity index (χ4n) is 1.46. The summed E-state index contributed by atoms with van der Waals surface area (Å²) in [6.45, 7) is 6.02. The molecule has 0 saturated carbocycles. The van der Waals surface area contributed by atoms with E-state index in [0.29, 0.717) is 6.04 Å². The van der Waals surface area contributed by atoms with E-state index in [1.165, 1.54) is 10.5 Å². The van der Waals surface area contributed by atoms with Crippen molar-refractivity contribution < 1.29 is 0 Å². The molecule has 1 rings (SSSR count). The Labute approximate surface area is 114 Å². The van der Waals surface area contributed by atoms with Crippen molar-refractivity contribution in [2.24, 2.45) is 0 Å². The molecule has 0 aliphatic carbocycles. The largest absolute Gasteiger partial charge is 0.316 e. The fraction of sp³-hybridized carbons (Fsp3) is 0.429. The van der Waals surface area contributed by atoms with E-state index in [0.717, 1.165) is 23.6 Å². The summed E-state index contributed by atoms with van der Waals surface area (Å²) in [6.07, 6.45) is 2.24. The molecule has 0 aromatic heterocycles. The van der Waals surface area contributed by atoms with Crippen LogP contribution in [0.2, 0.25) is 5.02 Å². The number of nitrogens with one attached hydrogen (secondary N) is 1. The van der Waals surface area contributed by atoms with E-state index in [1.54, 1.807) is 0 Å². The third-order valence-corrected chi connectivity index (χ3v) is 4.02. The number of halogens is 1. The number of benzene rings is 1. The molecule has 0 radical (unpaired) electrons. The Balaban J connectivity index is 2.36. The quantitative estimate of drug-likeness (QED) is 0.582. The predicted molar refractivity (Wildman–Crippen MR) is 79.1 cm³/mol. The second-order valence-electron chi connectivity index (χ2n) is 4.25. The van der Waals surface area contributed by atoms with Gasteiger partial charge in [-0.05, 0) is 51.1 Å². The van der Waals surface area contributed by atoms with Crippen molar-refractivity contribution in [3.05, 3.63) is 41.4 Å². The van der Waals surface area contributed by atoms with Crippen molar-refractivity contribution in [2.45, 2.75) is 30.7 Å². The Bertz CT molecular complexity index is 348. The lowest BCUT2D eigenvalue weighted by molar-refractivity contribution is 0.571. The molecular weight excluding hydrogens is 250 g/mol. The maximum Gasteiger partial charge on any atom is 0.0406 e. The van der Waals surface area contributed by atoms with Gasteiger partial charge in [0.1, 0.15) is 0 Å². The van der Waals surface area contributed by atoms with Crippen LogP contribution in [0.5, 0.6) is 0 Å². The summed E-state index contributed by atoms with van der Waals surface area (Å²) < 4.78 is 0. The summed E-state index contributed by atoms with van der Waals surface area (Å²) in [7, 11) is 2.02. The smallest absolute Gasteiger partial charge is 0.0406 e. The van der Waals surface area contributed by atoms with Crippen molar-refractivity contribution in [3.63, 3.8) is 0 Å². The number of rotatable bonds is 7. The molecule has 94 valence electrons. The van der Waals surface area contributed by atoms with E-state index in [9.17, 15) is 0 Å². The van der Waals surface area contributed by atoms with Gasteiger partial charge in [0.05, 0.1) is 0 Å². The van der Waals surface area contributed by atoms with Gasteiger partial charge >= 0.3 is 0 Å². The topological polar surface area (TPSA) is 12.0 Å². The van der Waals surface area contributed by atoms with Crippen molar-refractivity contribution in [2.75, 3.05) is 12.8 Å². The molecule has 0 saturated heterocycles. The first kappa shape index (κ1) is 14.6. The highest BCUT2D eigenvalue weighted by Gasteiger charge is 2.06. The van der Waals surface area contributed by atoms with E-state index in [2.05, 4.69) is 31.0 Å². The zero-order valence-corrected chi connectivity index (χ0v) is 12.1. The summed E-state index contributed by atoms with van der Waals surface area (Å²) >= 11 is 7.72. The van der Waals surface area contributed by atoms with Crippen molar-refractivity contribution in [1.29, 1.82) is 0 Å². The molecule has 0 aliphatic heterocycles. The highest BCUT2D eigenvalue weighted by atomic mass is 35.5. The number of hydrogen-bond donors (Lipinski definition) is 1. The molecule has 0 bridgehead atoms. The highest BCUT2D eigenvalue weighted by molar-refractivity contribution is 7.99. The highest BCUT2D eigenvalue weighted by Crippen LogP contribution is 2.22. The molecule has 3 heteroatoms. The van der Waals surface area contributed by atoms with Gasteiger partial charge in [-0.1, -0.05) is 17.2 Å². The van der Waals surface area contributed by atoms with Crippen molar-refractivity contribution in [1.82, 2.24) is 5.32 Å². The zero-order valence-electron chi connectivity index (χ0n) is 10.5. The van der Waals surface area contributed by atoms with Gasteiger partial charge in [-0.25, -0.2) is 0 Å². The van der Waals surface area contributed by atoms with Crippen LogP contribution in [0.25, 0.3) is 0 Å². The van der Waals surface area contributed by atoms with E-state index in [-0.39, 0.29) is 0 Å². The van der Waals surface area contributed by atoms with Crippen LogP contribution in [0.4, 0.5) is 0 Å². The molecule has 1 aromatic carbocycles. The zero-order chi connectivity index (χ0) is 12.7. The maximum atomic E-state index is 5.85. The molecule has 1 atom stereocenters. The van der Waals surface area contributed by atoms with Crippen LogP contribution in [0, 0.1) is 0 Å². The van der Waals surface area contributed by atoms with Gasteiger partial charge in [-0.2, -0.15) is 0 Å². The minimum Gasteiger partial charge on any atom is -0.316 e. The standard InChI is InChI=1S/C14H20ClNS/c1-11(2)4-7-13(16-3)10-17-14-8-5-12(15)6-9-14/h5-6,8-9,13,16H,1,4,7,10H2,2-3H3. The van der Waals surface area contributed by atoms with Gasteiger partial charge in [0.25, 0.3) is 0 Å². The van der Waals surface area contributed by atoms with Gasteiger partial charge in [0.2, 0.25) is 0 Å². The molecule has 0 aliphatic rings. The summed E-state index contributed by atoms with van der Waals surface area (Å²) in [5, 5.41) is 4.14. The van der Waals surface area contributed by atoms with Crippen LogP contribution in [-0.4, -0.2) is 18.8 Å². The number of allylic oxidation sites excluding steroid dienone is 1. The normalized spacial score (nSPS) is 12.4. The van der Waals surface area contributed by atoms with E-state index >= 15 is 0 Å². The second kappa shape index (κ2) is 7.80.